The van der Waals surface area contributed by atoms with Crippen LogP contribution < -0.4 is 10.6 Å². The predicted octanol–water partition coefficient (Wildman–Crippen LogP) is 2.20. The first-order valence-electron chi connectivity index (χ1n) is 7.56. The molecule has 22 heavy (non-hydrogen) atoms. The number of nitrogens with zero attached hydrogens (tertiary/aromatic N) is 1. The van der Waals surface area contributed by atoms with Gasteiger partial charge in [0.05, 0.1) is 5.92 Å². The largest absolute Gasteiger partial charge is 0.459 e. The Morgan fingerprint density at radius 2 is 1.95 bits per heavy atom. The highest BCUT2D eigenvalue weighted by molar-refractivity contribution is 5.86. The van der Waals surface area contributed by atoms with Gasteiger partial charge in [-0.2, -0.15) is 0 Å². The molecule has 120 valence electrons. The van der Waals surface area contributed by atoms with Crippen LogP contribution in [0.15, 0.2) is 24.3 Å². The normalized spacial score (nSPS) is 21.2. The zero-order valence-corrected chi connectivity index (χ0v) is 13.6. The average Bonchev–Trinajstić information content (AvgIpc) is 2.39. The molecule has 2 atom stereocenters. The summed E-state index contributed by atoms with van der Waals surface area (Å²) in [5, 5.41) is 0. The lowest BCUT2D eigenvalue weighted by molar-refractivity contribution is -0.153. The Kier molecular flexibility index (Phi) is 4.44. The van der Waals surface area contributed by atoms with Crippen LogP contribution in [-0.2, 0) is 14.3 Å². The van der Waals surface area contributed by atoms with E-state index in [-0.39, 0.29) is 30.4 Å². The van der Waals surface area contributed by atoms with E-state index >= 15 is 0 Å². The molecule has 0 saturated heterocycles. The van der Waals surface area contributed by atoms with Gasteiger partial charge in [-0.3, -0.25) is 9.59 Å². The summed E-state index contributed by atoms with van der Waals surface area (Å²) in [6.45, 7) is 7.71. The highest BCUT2D eigenvalue weighted by Gasteiger charge is 2.34. The first-order valence-corrected chi connectivity index (χ1v) is 7.56. The Labute approximate surface area is 131 Å². The second kappa shape index (κ2) is 5.99. The second-order valence-electron chi connectivity index (χ2n) is 6.81. The Hall–Kier alpha value is -2.04. The fourth-order valence-corrected chi connectivity index (χ4v) is 2.90. The van der Waals surface area contributed by atoms with Crippen molar-refractivity contribution in [1.29, 1.82) is 0 Å². The van der Waals surface area contributed by atoms with E-state index in [1.54, 1.807) is 0 Å². The molecule has 0 saturated carbocycles. The number of hydrogen-bond donors (Lipinski definition) is 1. The molecule has 2 N–H and O–H groups in total. The van der Waals surface area contributed by atoms with Gasteiger partial charge >= 0.3 is 5.97 Å². The molecule has 5 heteroatoms. The molecule has 1 aliphatic heterocycles. The smallest absolute Gasteiger partial charge is 0.326 e. The number of amides is 1. The van der Waals surface area contributed by atoms with E-state index in [9.17, 15) is 9.59 Å². The average molecular weight is 304 g/mol. The Morgan fingerprint density at radius 1 is 1.32 bits per heavy atom. The Balaban J connectivity index is 2.27. The molecule has 1 aromatic rings. The van der Waals surface area contributed by atoms with Crippen molar-refractivity contribution in [3.8, 4) is 0 Å². The maximum Gasteiger partial charge on any atom is 0.326 e. The summed E-state index contributed by atoms with van der Waals surface area (Å²) in [7, 11) is 0. The molecular formula is C17H24N2O3. The zero-order chi connectivity index (χ0) is 16.5. The van der Waals surface area contributed by atoms with Crippen LogP contribution in [0.1, 0.15) is 45.6 Å². The second-order valence-corrected chi connectivity index (χ2v) is 6.81. The number of para-hydroxylation sites is 1. The number of hydrogen-bond acceptors (Lipinski definition) is 4. The van der Waals surface area contributed by atoms with Crippen LogP contribution >= 0.6 is 0 Å². The van der Waals surface area contributed by atoms with Crippen LogP contribution in [0.4, 0.5) is 5.69 Å². The van der Waals surface area contributed by atoms with Gasteiger partial charge in [-0.15, -0.1) is 0 Å². The molecule has 1 heterocycles. The van der Waals surface area contributed by atoms with E-state index in [4.69, 9.17) is 10.5 Å². The van der Waals surface area contributed by atoms with Crippen molar-refractivity contribution < 1.29 is 14.3 Å². The minimum absolute atomic E-state index is 0.0416. The highest BCUT2D eigenvalue weighted by atomic mass is 16.6. The summed E-state index contributed by atoms with van der Waals surface area (Å²) in [5.41, 5.74) is 6.79. The monoisotopic (exact) mass is 304 g/mol. The lowest BCUT2D eigenvalue weighted by atomic mass is 9.85. The van der Waals surface area contributed by atoms with E-state index in [1.165, 1.54) is 0 Å². The van der Waals surface area contributed by atoms with Gasteiger partial charge in [0.15, 0.2) is 0 Å². The van der Waals surface area contributed by atoms with E-state index in [0.29, 0.717) is 6.42 Å². The highest BCUT2D eigenvalue weighted by Crippen LogP contribution is 2.38. The van der Waals surface area contributed by atoms with Gasteiger partial charge in [0.2, 0.25) is 5.91 Å². The number of carbonyl (C=O) groups excluding carboxylic acids is 2. The van der Waals surface area contributed by atoms with Gasteiger partial charge in [-0.25, -0.2) is 0 Å². The molecule has 2 unspecified atom stereocenters. The number of benzene rings is 1. The van der Waals surface area contributed by atoms with Gasteiger partial charge in [0.1, 0.15) is 12.1 Å². The zero-order valence-electron chi connectivity index (χ0n) is 13.6. The van der Waals surface area contributed by atoms with Crippen LogP contribution in [0.5, 0.6) is 0 Å². The molecule has 0 spiro atoms. The SMILES string of the molecule is CC1CC(C(N)=O)c2ccccc2N1CC(=O)OC(C)(C)C. The number of fused-ring (bicyclic) bond motifs is 1. The van der Waals surface area contributed by atoms with Crippen LogP contribution in [0.25, 0.3) is 0 Å². The number of nitrogens with two attached hydrogens (primary N) is 1. The third-order valence-electron chi connectivity index (χ3n) is 3.79. The lowest BCUT2D eigenvalue weighted by Gasteiger charge is -2.39. The van der Waals surface area contributed by atoms with Crippen molar-refractivity contribution in [2.45, 2.75) is 51.7 Å². The van der Waals surface area contributed by atoms with Crippen molar-refractivity contribution in [2.24, 2.45) is 5.73 Å². The fourth-order valence-electron chi connectivity index (χ4n) is 2.90. The maximum atomic E-state index is 12.1. The summed E-state index contributed by atoms with van der Waals surface area (Å²) in [6, 6.07) is 7.65. The van der Waals surface area contributed by atoms with E-state index in [2.05, 4.69) is 0 Å². The first-order chi connectivity index (χ1) is 10.2. The number of anilines is 1. The van der Waals surface area contributed by atoms with E-state index in [1.807, 2.05) is 56.9 Å². The number of primary amides is 1. The number of ether oxygens (including phenoxy) is 1. The molecule has 1 amide bonds. The molecule has 1 aliphatic rings. The third-order valence-corrected chi connectivity index (χ3v) is 3.79. The Bertz CT molecular complexity index is 578. The topological polar surface area (TPSA) is 72.6 Å². The minimum Gasteiger partial charge on any atom is -0.459 e. The molecule has 0 bridgehead atoms. The molecule has 5 nitrogen and oxygen atoms in total. The fraction of sp³-hybridized carbons (Fsp3) is 0.529. The molecule has 0 fully saturated rings. The van der Waals surface area contributed by atoms with E-state index < -0.39 is 5.60 Å². The summed E-state index contributed by atoms with van der Waals surface area (Å²) < 4.78 is 5.41. The minimum atomic E-state index is -0.509. The summed E-state index contributed by atoms with van der Waals surface area (Å²) in [4.78, 5) is 25.8. The van der Waals surface area contributed by atoms with Crippen molar-refractivity contribution in [2.75, 3.05) is 11.4 Å². The van der Waals surface area contributed by atoms with Gasteiger partial charge < -0.3 is 15.4 Å². The summed E-state index contributed by atoms with van der Waals surface area (Å²) in [6.07, 6.45) is 0.606. The third kappa shape index (κ3) is 3.59. The van der Waals surface area contributed by atoms with Crippen LogP contribution in [0, 0.1) is 0 Å². The molecule has 0 radical (unpaired) electrons. The van der Waals surface area contributed by atoms with Gasteiger partial charge in [-0.05, 0) is 45.7 Å². The van der Waals surface area contributed by atoms with Crippen LogP contribution in [0.3, 0.4) is 0 Å². The van der Waals surface area contributed by atoms with Gasteiger partial charge in [-0.1, -0.05) is 18.2 Å². The number of rotatable bonds is 3. The summed E-state index contributed by atoms with van der Waals surface area (Å²) in [5.74, 6) is -0.899. The molecule has 1 aromatic carbocycles. The van der Waals surface area contributed by atoms with Gasteiger partial charge in [0.25, 0.3) is 0 Å². The number of carbonyl (C=O) groups is 2. The molecule has 0 aliphatic carbocycles. The van der Waals surface area contributed by atoms with Crippen molar-refractivity contribution in [3.05, 3.63) is 29.8 Å². The standard InChI is InChI=1S/C17H24N2O3/c1-11-9-13(16(18)21)12-7-5-6-8-14(12)19(11)10-15(20)22-17(2,3)4/h5-8,11,13H,9-10H2,1-4H3,(H2,18,21). The van der Waals surface area contributed by atoms with Crippen molar-refractivity contribution >= 4 is 17.6 Å². The van der Waals surface area contributed by atoms with Crippen LogP contribution in [0.2, 0.25) is 0 Å². The van der Waals surface area contributed by atoms with Crippen molar-refractivity contribution in [1.82, 2.24) is 0 Å². The van der Waals surface area contributed by atoms with E-state index in [0.717, 1.165) is 11.3 Å². The molecular weight excluding hydrogens is 280 g/mol. The molecule has 0 aromatic heterocycles. The van der Waals surface area contributed by atoms with Crippen LogP contribution in [-0.4, -0.2) is 30.1 Å². The maximum absolute atomic E-state index is 12.1. The quantitative estimate of drug-likeness (QED) is 0.869. The van der Waals surface area contributed by atoms with Gasteiger partial charge in [0, 0.05) is 11.7 Å². The predicted molar refractivity (Wildman–Crippen MR) is 85.6 cm³/mol. The summed E-state index contributed by atoms with van der Waals surface area (Å²) >= 11 is 0. The number of esters is 1. The van der Waals surface area contributed by atoms with Crippen molar-refractivity contribution in [3.63, 3.8) is 0 Å². The Morgan fingerprint density at radius 3 is 2.55 bits per heavy atom. The molecule has 2 rings (SSSR count). The first kappa shape index (κ1) is 16.3. The lowest BCUT2D eigenvalue weighted by Crippen LogP contribution is -2.45.